The van der Waals surface area contributed by atoms with Gasteiger partial charge in [-0.25, -0.2) is 4.98 Å². The zero-order valence-corrected chi connectivity index (χ0v) is 23.7. The summed E-state index contributed by atoms with van der Waals surface area (Å²) in [5.41, 5.74) is 1.15. The van der Waals surface area contributed by atoms with Gasteiger partial charge in [0.25, 0.3) is 11.5 Å². The molecular formula is C27H35N3O10. The molecule has 0 unspecified atom stereocenters. The van der Waals surface area contributed by atoms with Gasteiger partial charge in [0.05, 0.1) is 17.6 Å². The van der Waals surface area contributed by atoms with Crippen LogP contribution in [0.5, 0.6) is 0 Å². The van der Waals surface area contributed by atoms with E-state index in [9.17, 15) is 28.8 Å². The first-order valence-electron chi connectivity index (χ1n) is 12.7. The van der Waals surface area contributed by atoms with Gasteiger partial charge in [-0.05, 0) is 43.5 Å². The number of aryl methyl sites for hydroxylation is 2. The van der Waals surface area contributed by atoms with Crippen molar-refractivity contribution in [2.24, 2.45) is 0 Å². The summed E-state index contributed by atoms with van der Waals surface area (Å²) in [6.07, 6.45) is -3.68. The molecule has 0 aliphatic heterocycles. The maximum atomic E-state index is 13.6. The second-order valence-electron chi connectivity index (χ2n) is 9.23. The summed E-state index contributed by atoms with van der Waals surface area (Å²) in [6.45, 7) is 9.31. The van der Waals surface area contributed by atoms with Crippen molar-refractivity contribution in [3.63, 3.8) is 0 Å². The van der Waals surface area contributed by atoms with Crippen LogP contribution in [0.15, 0.2) is 16.9 Å². The van der Waals surface area contributed by atoms with Gasteiger partial charge in [-0.1, -0.05) is 6.92 Å². The van der Waals surface area contributed by atoms with Crippen molar-refractivity contribution in [1.82, 2.24) is 14.9 Å². The first-order chi connectivity index (χ1) is 18.7. The third kappa shape index (κ3) is 8.61. The summed E-state index contributed by atoms with van der Waals surface area (Å²) in [7, 11) is 0. The highest BCUT2D eigenvalue weighted by Crippen LogP contribution is 2.21. The summed E-state index contributed by atoms with van der Waals surface area (Å²) >= 11 is 0. The quantitative estimate of drug-likeness (QED) is 0.294. The topological polar surface area (TPSA) is 169 Å². The normalized spacial score (nSPS) is 13.1. The molecule has 218 valence electrons. The van der Waals surface area contributed by atoms with Gasteiger partial charge in [-0.2, -0.15) is 0 Å². The fourth-order valence-corrected chi connectivity index (χ4v) is 3.94. The molecule has 0 spiro atoms. The smallest absolute Gasteiger partial charge is 0.303 e. The molecule has 0 radical (unpaired) electrons. The van der Waals surface area contributed by atoms with Gasteiger partial charge in [0, 0.05) is 34.2 Å². The molecule has 0 saturated carbocycles. The van der Waals surface area contributed by atoms with E-state index in [1.165, 1.54) is 4.57 Å². The van der Waals surface area contributed by atoms with Crippen LogP contribution in [0.25, 0.3) is 11.0 Å². The largest absolute Gasteiger partial charge is 0.462 e. The summed E-state index contributed by atoms with van der Waals surface area (Å²) in [5.74, 6) is -3.79. The SMILES string of the molecule is CCCNC(=O)c1nc2cc(C)c(C)cc2n(C[C@H](OC(C)=O)[C@H](OC(C)=O)[C@@H](COC(C)=O)OC(C)=O)c1=O. The molecule has 0 fully saturated rings. The summed E-state index contributed by atoms with van der Waals surface area (Å²) in [6, 6.07) is 3.41. The van der Waals surface area contributed by atoms with E-state index in [1.54, 1.807) is 12.1 Å². The van der Waals surface area contributed by atoms with Crippen molar-refractivity contribution >= 4 is 40.8 Å². The van der Waals surface area contributed by atoms with Crippen molar-refractivity contribution in [3.05, 3.63) is 39.3 Å². The average Bonchev–Trinajstić information content (AvgIpc) is 2.85. The van der Waals surface area contributed by atoms with Gasteiger partial charge in [0.2, 0.25) is 0 Å². The number of nitrogens with zero attached hydrogens (tertiary/aromatic N) is 2. The predicted molar refractivity (Wildman–Crippen MR) is 141 cm³/mol. The molecule has 2 aromatic rings. The molecule has 0 aliphatic rings. The number of benzene rings is 1. The third-order valence-corrected chi connectivity index (χ3v) is 5.80. The van der Waals surface area contributed by atoms with Crippen molar-refractivity contribution < 1.29 is 42.9 Å². The molecule has 3 atom stereocenters. The molecule has 13 heteroatoms. The summed E-state index contributed by atoms with van der Waals surface area (Å²) in [4.78, 5) is 78.4. The maximum Gasteiger partial charge on any atom is 0.303 e. The minimum atomic E-state index is -1.50. The number of hydrogen-bond donors (Lipinski definition) is 1. The Morgan fingerprint density at radius 2 is 1.45 bits per heavy atom. The predicted octanol–water partition coefficient (Wildman–Crippen LogP) is 1.51. The number of amides is 1. The number of carbonyl (C=O) groups is 5. The van der Waals surface area contributed by atoms with Crippen LogP contribution in [-0.2, 0) is 44.7 Å². The number of fused-ring (bicyclic) bond motifs is 1. The third-order valence-electron chi connectivity index (χ3n) is 5.80. The molecule has 2 rings (SSSR count). The molecule has 1 aromatic heterocycles. The lowest BCUT2D eigenvalue weighted by molar-refractivity contribution is -0.190. The van der Waals surface area contributed by atoms with Crippen molar-refractivity contribution in [3.8, 4) is 0 Å². The molecule has 0 aliphatic carbocycles. The Hall–Kier alpha value is -4.29. The van der Waals surface area contributed by atoms with E-state index >= 15 is 0 Å². The maximum absolute atomic E-state index is 13.6. The zero-order valence-electron chi connectivity index (χ0n) is 23.7. The number of carbonyl (C=O) groups excluding carboxylic acids is 5. The number of aromatic nitrogens is 2. The number of hydrogen-bond acceptors (Lipinski definition) is 11. The molecule has 1 N–H and O–H groups in total. The molecular weight excluding hydrogens is 526 g/mol. The molecule has 1 amide bonds. The molecule has 13 nitrogen and oxygen atoms in total. The highest BCUT2D eigenvalue weighted by Gasteiger charge is 2.39. The first-order valence-corrected chi connectivity index (χ1v) is 12.7. The van der Waals surface area contributed by atoms with Gasteiger partial charge < -0.3 is 28.8 Å². The molecule has 1 heterocycles. The highest BCUT2D eigenvalue weighted by atomic mass is 16.6. The number of nitrogens with one attached hydrogen (secondary N) is 1. The number of esters is 4. The van der Waals surface area contributed by atoms with Crippen LogP contribution in [0, 0.1) is 13.8 Å². The van der Waals surface area contributed by atoms with Gasteiger partial charge in [-0.15, -0.1) is 0 Å². The van der Waals surface area contributed by atoms with Crippen molar-refractivity contribution in [1.29, 1.82) is 0 Å². The van der Waals surface area contributed by atoms with Crippen LogP contribution in [0.2, 0.25) is 0 Å². The van der Waals surface area contributed by atoms with E-state index < -0.39 is 66.8 Å². The van der Waals surface area contributed by atoms with E-state index in [1.807, 2.05) is 20.8 Å². The highest BCUT2D eigenvalue weighted by molar-refractivity contribution is 5.94. The minimum absolute atomic E-state index is 0.315. The van der Waals surface area contributed by atoms with E-state index in [0.29, 0.717) is 24.0 Å². The Bertz CT molecular complexity index is 1350. The summed E-state index contributed by atoms with van der Waals surface area (Å²) < 4.78 is 22.4. The molecule has 1 aromatic carbocycles. The standard InChI is InChI=1S/C27H35N3O10/c1-8-9-28-26(35)24-27(36)30(21-11-15(3)14(2)10-20(21)29-24)12-22(38-17(5)32)25(40-19(7)34)23(39-18(6)33)13-37-16(4)31/h10-11,22-23,25H,8-9,12-13H2,1-7H3,(H,28,35)/t22-,23+,25-/m0/s1. The lowest BCUT2D eigenvalue weighted by atomic mass is 10.1. The van der Waals surface area contributed by atoms with Crippen molar-refractivity contribution in [2.45, 2.75) is 79.7 Å². The molecule has 40 heavy (non-hydrogen) atoms. The lowest BCUT2D eigenvalue weighted by Crippen LogP contribution is -2.50. The van der Waals surface area contributed by atoms with E-state index in [-0.39, 0.29) is 5.69 Å². The van der Waals surface area contributed by atoms with Crippen molar-refractivity contribution in [2.75, 3.05) is 13.2 Å². The molecule has 0 bridgehead atoms. The zero-order chi connectivity index (χ0) is 30.1. The van der Waals surface area contributed by atoms with Gasteiger partial charge in [0.1, 0.15) is 6.61 Å². The Balaban J connectivity index is 2.77. The van der Waals surface area contributed by atoms with Crippen LogP contribution in [0.1, 0.15) is 62.7 Å². The Kier molecular flexibility index (Phi) is 11.3. The monoisotopic (exact) mass is 561 g/mol. The van der Waals surface area contributed by atoms with E-state index in [4.69, 9.17) is 18.9 Å². The molecule has 0 saturated heterocycles. The summed E-state index contributed by atoms with van der Waals surface area (Å²) in [5, 5.41) is 2.63. The Morgan fingerprint density at radius 1 is 0.875 bits per heavy atom. The van der Waals surface area contributed by atoms with Gasteiger partial charge in [0.15, 0.2) is 24.0 Å². The van der Waals surface area contributed by atoms with Crippen LogP contribution in [0.4, 0.5) is 0 Å². The van der Waals surface area contributed by atoms with Crippen LogP contribution in [-0.4, -0.2) is 70.8 Å². The van der Waals surface area contributed by atoms with Gasteiger partial charge in [-0.3, -0.25) is 28.8 Å². The number of rotatable bonds is 12. The fraction of sp³-hybridized carbons (Fsp3) is 0.519. The second kappa shape index (κ2) is 14.2. The van der Waals surface area contributed by atoms with E-state index in [0.717, 1.165) is 38.8 Å². The van der Waals surface area contributed by atoms with Crippen LogP contribution >= 0.6 is 0 Å². The Morgan fingerprint density at radius 3 is 2.00 bits per heavy atom. The van der Waals surface area contributed by atoms with Crippen LogP contribution < -0.4 is 10.9 Å². The fourth-order valence-electron chi connectivity index (χ4n) is 3.94. The van der Waals surface area contributed by atoms with E-state index in [2.05, 4.69) is 10.3 Å². The lowest BCUT2D eigenvalue weighted by Gasteiger charge is -2.32. The first kappa shape index (κ1) is 31.9. The van der Waals surface area contributed by atoms with Gasteiger partial charge >= 0.3 is 23.9 Å². The number of ether oxygens (including phenoxy) is 4. The van der Waals surface area contributed by atoms with Crippen LogP contribution in [0.3, 0.4) is 0 Å². The Labute approximate surface area is 231 Å². The second-order valence-corrected chi connectivity index (χ2v) is 9.23. The minimum Gasteiger partial charge on any atom is -0.462 e. The average molecular weight is 562 g/mol.